The number of nitrogens with two attached hydrogens (primary N) is 1. The number of nitrogens with one attached hydrogen (secondary N) is 2. The molecule has 1 fully saturated rings. The number of nitrogens with zero attached hydrogens (tertiary/aromatic N) is 1. The van der Waals surface area contributed by atoms with Crippen LogP contribution in [-0.4, -0.2) is 36.0 Å². The molecule has 0 bridgehead atoms. The van der Waals surface area contributed by atoms with Crippen LogP contribution in [0.3, 0.4) is 0 Å². The first-order valence-electron chi connectivity index (χ1n) is 9.64. The molecule has 2 atom stereocenters. The van der Waals surface area contributed by atoms with Crippen molar-refractivity contribution in [3.8, 4) is 5.75 Å². The summed E-state index contributed by atoms with van der Waals surface area (Å²) in [6.45, 7) is 1.27. The lowest BCUT2D eigenvalue weighted by molar-refractivity contribution is 0.0900. The number of ether oxygens (including phenoxy) is 1. The summed E-state index contributed by atoms with van der Waals surface area (Å²) < 4.78 is 5.50. The van der Waals surface area contributed by atoms with Crippen molar-refractivity contribution in [1.82, 2.24) is 15.6 Å². The molecule has 2 heterocycles. The third kappa shape index (κ3) is 4.27. The minimum absolute atomic E-state index is 0.0395. The molecular weight excluding hydrogens is 376 g/mol. The van der Waals surface area contributed by atoms with Gasteiger partial charge in [0.15, 0.2) is 5.13 Å². The molecule has 1 aromatic heterocycles. The number of aromatic nitrogens is 1. The van der Waals surface area contributed by atoms with Gasteiger partial charge in [0.1, 0.15) is 11.4 Å². The molecule has 1 aliphatic carbocycles. The minimum atomic E-state index is -0.195. The zero-order chi connectivity index (χ0) is 19.5. The molecule has 0 unspecified atom stereocenters. The molecule has 0 radical (unpaired) electrons. The van der Waals surface area contributed by atoms with Gasteiger partial charge >= 0.3 is 0 Å². The smallest absolute Gasteiger partial charge is 0.270 e. The average Bonchev–Trinajstić information content (AvgIpc) is 3.34. The number of rotatable bonds is 5. The molecular formula is C20H24N4O3S. The van der Waals surface area contributed by atoms with E-state index in [-0.39, 0.29) is 17.9 Å². The lowest BCUT2D eigenvalue weighted by atomic mass is 9.85. The molecule has 2 aromatic rings. The summed E-state index contributed by atoms with van der Waals surface area (Å²) in [5.41, 5.74) is 7.72. The quantitative estimate of drug-likeness (QED) is 0.714. The number of carbonyl (C=O) groups is 2. The summed E-state index contributed by atoms with van der Waals surface area (Å²) in [5.74, 6) is 0.987. The molecule has 4 N–H and O–H groups in total. The van der Waals surface area contributed by atoms with Crippen LogP contribution in [0, 0.1) is 5.92 Å². The van der Waals surface area contributed by atoms with Gasteiger partial charge < -0.3 is 21.1 Å². The van der Waals surface area contributed by atoms with Gasteiger partial charge in [-0.15, -0.1) is 11.3 Å². The highest BCUT2D eigenvalue weighted by atomic mass is 32.1. The maximum absolute atomic E-state index is 12.6. The van der Waals surface area contributed by atoms with Crippen molar-refractivity contribution in [2.45, 2.75) is 38.1 Å². The average molecular weight is 401 g/mol. The van der Waals surface area contributed by atoms with Crippen LogP contribution in [0.25, 0.3) is 0 Å². The Morgan fingerprint density at radius 1 is 1.29 bits per heavy atom. The Morgan fingerprint density at radius 3 is 3.00 bits per heavy atom. The summed E-state index contributed by atoms with van der Waals surface area (Å²) in [6, 6.07) is 5.75. The number of anilines is 1. The van der Waals surface area contributed by atoms with Crippen LogP contribution in [0.2, 0.25) is 0 Å². The van der Waals surface area contributed by atoms with E-state index < -0.39 is 0 Å². The molecule has 1 aromatic carbocycles. The van der Waals surface area contributed by atoms with Crippen molar-refractivity contribution in [2.24, 2.45) is 5.92 Å². The highest BCUT2D eigenvalue weighted by molar-refractivity contribution is 7.13. The van der Waals surface area contributed by atoms with E-state index in [0.717, 1.165) is 43.4 Å². The fourth-order valence-electron chi connectivity index (χ4n) is 3.92. The Balaban J connectivity index is 1.28. The maximum Gasteiger partial charge on any atom is 0.270 e. The van der Waals surface area contributed by atoms with Crippen molar-refractivity contribution in [3.63, 3.8) is 0 Å². The molecule has 28 heavy (non-hydrogen) atoms. The van der Waals surface area contributed by atoms with E-state index in [1.807, 2.05) is 18.2 Å². The van der Waals surface area contributed by atoms with Crippen molar-refractivity contribution < 1.29 is 14.3 Å². The largest absolute Gasteiger partial charge is 0.493 e. The fraction of sp³-hybridized carbons (Fsp3) is 0.450. The molecule has 0 spiro atoms. The Kier molecular flexibility index (Phi) is 5.47. The summed E-state index contributed by atoms with van der Waals surface area (Å²) in [4.78, 5) is 28.8. The van der Waals surface area contributed by atoms with Crippen LogP contribution in [-0.2, 0) is 6.42 Å². The van der Waals surface area contributed by atoms with E-state index in [1.165, 1.54) is 11.3 Å². The number of benzene rings is 1. The van der Waals surface area contributed by atoms with Gasteiger partial charge in [-0.25, -0.2) is 4.98 Å². The standard InChI is InChI=1S/C20H24N4O3S/c21-20-24-16(11-28-20)19(26)22-10-12-2-1-3-15(8-12)23-18(25)14-4-5-17-13(9-14)6-7-27-17/h4-5,9,11-12,15H,1-3,6-8,10H2,(H2,21,24)(H,22,26)(H,23,25)/t12-,15+/m1/s1. The highest BCUT2D eigenvalue weighted by Crippen LogP contribution is 2.27. The third-order valence-electron chi connectivity index (χ3n) is 5.38. The van der Waals surface area contributed by atoms with Gasteiger partial charge in [-0.3, -0.25) is 9.59 Å². The van der Waals surface area contributed by atoms with Crippen LogP contribution in [0.15, 0.2) is 23.6 Å². The summed E-state index contributed by atoms with van der Waals surface area (Å²) in [6.07, 6.45) is 4.76. The number of nitrogen functional groups attached to an aromatic ring is 1. The molecule has 8 heteroatoms. The summed E-state index contributed by atoms with van der Waals surface area (Å²) in [5, 5.41) is 8.15. The number of amides is 2. The van der Waals surface area contributed by atoms with Gasteiger partial charge in [0.05, 0.1) is 6.61 Å². The first-order valence-corrected chi connectivity index (χ1v) is 10.5. The van der Waals surface area contributed by atoms with Gasteiger partial charge in [0.25, 0.3) is 11.8 Å². The van der Waals surface area contributed by atoms with Crippen molar-refractivity contribution in [2.75, 3.05) is 18.9 Å². The van der Waals surface area contributed by atoms with E-state index in [4.69, 9.17) is 10.5 Å². The Morgan fingerprint density at radius 2 is 2.18 bits per heavy atom. The molecule has 1 saturated carbocycles. The number of hydrogen-bond acceptors (Lipinski definition) is 6. The normalized spacial score (nSPS) is 20.9. The van der Waals surface area contributed by atoms with Crippen molar-refractivity contribution in [1.29, 1.82) is 0 Å². The first kappa shape index (κ1) is 18.7. The van der Waals surface area contributed by atoms with E-state index >= 15 is 0 Å². The van der Waals surface area contributed by atoms with Crippen molar-refractivity contribution >= 4 is 28.3 Å². The molecule has 0 saturated heterocycles. The predicted molar refractivity (Wildman–Crippen MR) is 108 cm³/mol. The second-order valence-corrected chi connectivity index (χ2v) is 8.29. The van der Waals surface area contributed by atoms with Gasteiger partial charge in [0, 0.05) is 30.0 Å². The summed E-state index contributed by atoms with van der Waals surface area (Å²) in [7, 11) is 0. The van der Waals surface area contributed by atoms with Gasteiger partial charge in [-0.1, -0.05) is 6.42 Å². The molecule has 2 amide bonds. The monoisotopic (exact) mass is 400 g/mol. The zero-order valence-corrected chi connectivity index (χ0v) is 16.4. The molecule has 2 aliphatic rings. The fourth-order valence-corrected chi connectivity index (χ4v) is 4.47. The number of thiazole rings is 1. The molecule has 1 aliphatic heterocycles. The van der Waals surface area contributed by atoms with E-state index in [1.54, 1.807) is 5.38 Å². The number of fused-ring (bicyclic) bond motifs is 1. The van der Waals surface area contributed by atoms with Crippen LogP contribution >= 0.6 is 11.3 Å². The van der Waals surface area contributed by atoms with Crippen LogP contribution in [0.4, 0.5) is 5.13 Å². The summed E-state index contributed by atoms with van der Waals surface area (Å²) >= 11 is 1.26. The van der Waals surface area contributed by atoms with Gasteiger partial charge in [-0.2, -0.15) is 0 Å². The third-order valence-corrected chi connectivity index (χ3v) is 6.05. The van der Waals surface area contributed by atoms with E-state index in [0.29, 0.717) is 35.5 Å². The minimum Gasteiger partial charge on any atom is -0.493 e. The Bertz CT molecular complexity index is 882. The Labute approximate surface area is 167 Å². The number of hydrogen-bond donors (Lipinski definition) is 3. The van der Waals surface area contributed by atoms with E-state index in [9.17, 15) is 9.59 Å². The van der Waals surface area contributed by atoms with Gasteiger partial charge in [0.2, 0.25) is 0 Å². The zero-order valence-electron chi connectivity index (χ0n) is 15.6. The Hall–Kier alpha value is -2.61. The van der Waals surface area contributed by atoms with Crippen molar-refractivity contribution in [3.05, 3.63) is 40.4 Å². The lowest BCUT2D eigenvalue weighted by Crippen LogP contribution is -2.41. The van der Waals surface area contributed by atoms with Crippen LogP contribution < -0.4 is 21.1 Å². The predicted octanol–water partition coefficient (Wildman–Crippen LogP) is 2.38. The second kappa shape index (κ2) is 8.18. The lowest BCUT2D eigenvalue weighted by Gasteiger charge is -2.30. The van der Waals surface area contributed by atoms with Gasteiger partial charge in [-0.05, 0) is 48.9 Å². The second-order valence-electron chi connectivity index (χ2n) is 7.40. The molecule has 7 nitrogen and oxygen atoms in total. The first-order chi connectivity index (χ1) is 13.6. The van der Waals surface area contributed by atoms with Crippen LogP contribution in [0.5, 0.6) is 5.75 Å². The SMILES string of the molecule is Nc1nc(C(=O)NC[C@@H]2CCC[C@H](NC(=O)c3ccc4c(c3)CCO4)C2)cs1. The van der Waals surface area contributed by atoms with Crippen LogP contribution in [0.1, 0.15) is 52.1 Å². The molecule has 148 valence electrons. The topological polar surface area (TPSA) is 106 Å². The number of carbonyl (C=O) groups excluding carboxylic acids is 2. The highest BCUT2D eigenvalue weighted by Gasteiger charge is 2.25. The van der Waals surface area contributed by atoms with E-state index in [2.05, 4.69) is 15.6 Å². The molecule has 4 rings (SSSR count). The maximum atomic E-state index is 12.6.